The van der Waals surface area contributed by atoms with Gasteiger partial charge in [0.25, 0.3) is 0 Å². The summed E-state index contributed by atoms with van der Waals surface area (Å²) in [6.45, 7) is 2.18. The van der Waals surface area contributed by atoms with E-state index in [0.717, 1.165) is 0 Å². The highest BCUT2D eigenvalue weighted by Gasteiger charge is 2.53. The molecule has 2 fully saturated rings. The molecular weight excluding hydrogens is 210 g/mol. The summed E-state index contributed by atoms with van der Waals surface area (Å²) in [6, 6.07) is 0. The Labute approximate surface area is 86.6 Å². The topological polar surface area (TPSA) is 125 Å². The normalized spacial score (nSPS) is 43.0. The van der Waals surface area contributed by atoms with Crippen LogP contribution < -0.4 is 0 Å². The Morgan fingerprint density at radius 2 is 2.07 bits per heavy atom. The Morgan fingerprint density at radius 3 is 2.53 bits per heavy atom. The molecule has 88 valence electrons. The maximum absolute atomic E-state index is 9.62. The first-order valence-electron chi connectivity index (χ1n) is 4.30. The highest BCUT2D eigenvalue weighted by Crippen LogP contribution is 2.33. The molecule has 0 aromatic heterocycles. The Morgan fingerprint density at radius 1 is 1.53 bits per heavy atom. The van der Waals surface area contributed by atoms with Gasteiger partial charge in [0.05, 0.1) is 18.3 Å². The summed E-state index contributed by atoms with van der Waals surface area (Å²) in [5.74, 6) is 0. The van der Waals surface area contributed by atoms with E-state index in [2.05, 4.69) is 0 Å². The summed E-state index contributed by atoms with van der Waals surface area (Å²) >= 11 is 0. The Hall–Kier alpha value is -0.960. The lowest BCUT2D eigenvalue weighted by Crippen LogP contribution is -2.40. The average molecular weight is 223 g/mol. The molecular formula is C7H13NO7. The number of aliphatic hydroxyl groups is 2. The number of hydrogen-bond donors (Lipinski definition) is 2. The van der Waals surface area contributed by atoms with Crippen LogP contribution in [0.1, 0.15) is 8.35 Å². The van der Waals surface area contributed by atoms with E-state index in [1.54, 1.807) is 6.92 Å². The third kappa shape index (κ3) is 2.75. The van der Waals surface area contributed by atoms with E-state index in [9.17, 15) is 10.2 Å². The van der Waals surface area contributed by atoms with Crippen LogP contribution in [0.5, 0.6) is 0 Å². The van der Waals surface area contributed by atoms with Gasteiger partial charge < -0.3 is 35.0 Å². The van der Waals surface area contributed by atoms with Gasteiger partial charge in [0, 0.05) is 0 Å². The van der Waals surface area contributed by atoms with Gasteiger partial charge in [-0.05, 0) is 6.92 Å². The lowest BCUT2D eigenvalue weighted by molar-refractivity contribution is -0.402. The average Bonchev–Trinajstić information content (AvgIpc) is 2.55. The Kier molecular flexibility index (Phi) is 3.45. The molecule has 0 aromatic carbocycles. The number of ether oxygens (including phenoxy) is 2. The summed E-state index contributed by atoms with van der Waals surface area (Å²) < 4.78 is 10.4. The first kappa shape index (κ1) is 12.1. The van der Waals surface area contributed by atoms with Crippen molar-refractivity contribution in [2.45, 2.75) is 30.8 Å². The quantitative estimate of drug-likeness (QED) is 0.389. The van der Waals surface area contributed by atoms with Crippen LogP contribution in [0.3, 0.4) is 0 Å². The second-order valence-corrected chi connectivity index (χ2v) is 3.68. The number of aliphatic hydroxyl groups excluding tert-OH is 1. The molecule has 2 N–H and O–H groups in total. The summed E-state index contributed by atoms with van der Waals surface area (Å²) in [5, 5.41) is 33.6. The van der Waals surface area contributed by atoms with Gasteiger partial charge in [-0.2, -0.15) is 0 Å². The van der Waals surface area contributed by atoms with E-state index in [0.29, 0.717) is 0 Å². The molecule has 8 nitrogen and oxygen atoms in total. The number of rotatable bonds is 0. The zero-order valence-corrected chi connectivity index (χ0v) is 8.03. The molecule has 2 aliphatic heterocycles. The smallest absolute Gasteiger partial charge is 0.388 e. The fraction of sp³-hybridized carbons (Fsp3) is 1.00. The van der Waals surface area contributed by atoms with Crippen molar-refractivity contribution in [2.75, 3.05) is 13.2 Å². The van der Waals surface area contributed by atoms with Crippen LogP contribution >= 0.6 is 0 Å². The van der Waals surface area contributed by atoms with Crippen molar-refractivity contribution in [3.63, 3.8) is 0 Å². The predicted molar refractivity (Wildman–Crippen MR) is 47.6 cm³/mol. The van der Waals surface area contributed by atoms with Gasteiger partial charge >= 0.3 is 1.43 Å². The summed E-state index contributed by atoms with van der Waals surface area (Å²) in [4.78, 5) is 8.25. The highest BCUT2D eigenvalue weighted by atomic mass is 16.9. The zero-order valence-electron chi connectivity index (χ0n) is 9.03. The molecule has 0 aromatic rings. The molecule has 0 aliphatic carbocycles. The predicted octanol–water partition coefficient (Wildman–Crippen LogP) is -1.23. The van der Waals surface area contributed by atoms with E-state index in [1.165, 1.54) is 0 Å². The Balaban J connectivity index is 0.000000397. The second-order valence-electron chi connectivity index (χ2n) is 3.68. The molecule has 2 aliphatic rings. The lowest BCUT2D eigenvalue weighted by Gasteiger charge is -2.20. The minimum atomic E-state index is -1.75. The molecule has 0 unspecified atom stereocenters. The van der Waals surface area contributed by atoms with Gasteiger partial charge in [0.15, 0.2) is 0 Å². The van der Waals surface area contributed by atoms with E-state index in [-0.39, 0.29) is 26.8 Å². The van der Waals surface area contributed by atoms with Crippen LogP contribution in [0.25, 0.3) is 0 Å². The lowest BCUT2D eigenvalue weighted by atomic mass is 9.99. The van der Waals surface area contributed by atoms with Crippen molar-refractivity contribution in [2.24, 2.45) is 0 Å². The molecule has 0 spiro atoms. The largest absolute Gasteiger partial charge is 1.00 e. The van der Waals surface area contributed by atoms with Gasteiger partial charge in [0.2, 0.25) is 0 Å². The van der Waals surface area contributed by atoms with Crippen LogP contribution in [0.2, 0.25) is 0 Å². The third-order valence-corrected chi connectivity index (χ3v) is 2.31. The van der Waals surface area contributed by atoms with Gasteiger partial charge in [-0.3, -0.25) is 0 Å². The monoisotopic (exact) mass is 223 g/mol. The standard InChI is InChI=1S/C7H12O4.NO3/c1-7(9)3-11-5-4(8)2-10-6(5)7;2-1(3)4/h4-6,8-9H,2-3H2,1H3;/q;-1/p+1/t4-,5+,6-,7-;/m0./s1. The summed E-state index contributed by atoms with van der Waals surface area (Å²) in [5.41, 5.74) is -0.928. The molecule has 0 radical (unpaired) electrons. The van der Waals surface area contributed by atoms with Crippen LogP contribution in [-0.2, 0) is 9.47 Å². The van der Waals surface area contributed by atoms with E-state index in [1.807, 2.05) is 0 Å². The maximum atomic E-state index is 9.62. The maximum Gasteiger partial charge on any atom is 1.00 e. The molecule has 0 saturated carbocycles. The van der Waals surface area contributed by atoms with Crippen molar-refractivity contribution < 1.29 is 26.2 Å². The second kappa shape index (κ2) is 4.27. The zero-order chi connectivity index (χ0) is 11.6. The fourth-order valence-corrected chi connectivity index (χ4v) is 1.67. The SMILES string of the molecule is C[C@]1(O)CO[C@@H]2[C@@H](O)CO[C@@H]21.O=[N+]([O-])[O-].[H+]. The van der Waals surface area contributed by atoms with Crippen molar-refractivity contribution >= 4 is 0 Å². The molecule has 15 heavy (non-hydrogen) atoms. The fourth-order valence-electron chi connectivity index (χ4n) is 1.67. The van der Waals surface area contributed by atoms with Gasteiger partial charge in [-0.15, -0.1) is 0 Å². The van der Waals surface area contributed by atoms with Crippen LogP contribution in [0.15, 0.2) is 0 Å². The van der Waals surface area contributed by atoms with E-state index < -0.39 is 16.8 Å². The number of nitrogens with zero attached hydrogens (tertiary/aromatic N) is 1. The van der Waals surface area contributed by atoms with Crippen molar-refractivity contribution in [3.8, 4) is 0 Å². The van der Waals surface area contributed by atoms with Gasteiger partial charge in [-0.1, -0.05) is 0 Å². The molecule has 2 rings (SSSR count). The Bertz CT molecular complexity index is 245. The number of hydrogen-bond acceptors (Lipinski definition) is 7. The van der Waals surface area contributed by atoms with Crippen LogP contribution in [0.4, 0.5) is 0 Å². The first-order chi connectivity index (χ1) is 6.84. The molecule has 0 bridgehead atoms. The molecule has 8 heteroatoms. The molecule has 4 atom stereocenters. The minimum absolute atomic E-state index is 0. The van der Waals surface area contributed by atoms with Crippen molar-refractivity contribution in [1.29, 1.82) is 0 Å². The molecule has 2 heterocycles. The first-order valence-corrected chi connectivity index (χ1v) is 4.30. The summed E-state index contributed by atoms with van der Waals surface area (Å²) in [6.07, 6.45) is -1.25. The van der Waals surface area contributed by atoms with Crippen molar-refractivity contribution in [3.05, 3.63) is 15.3 Å². The van der Waals surface area contributed by atoms with E-state index in [4.69, 9.17) is 24.8 Å². The third-order valence-electron chi connectivity index (χ3n) is 2.31. The molecule has 0 amide bonds. The van der Waals surface area contributed by atoms with Crippen LogP contribution in [0, 0.1) is 15.3 Å². The molecule has 2 saturated heterocycles. The number of fused-ring (bicyclic) bond motifs is 1. The van der Waals surface area contributed by atoms with Crippen molar-refractivity contribution in [1.82, 2.24) is 0 Å². The minimum Gasteiger partial charge on any atom is -0.388 e. The summed E-state index contributed by atoms with van der Waals surface area (Å²) in [7, 11) is 0. The van der Waals surface area contributed by atoms with E-state index >= 15 is 0 Å². The van der Waals surface area contributed by atoms with Crippen LogP contribution in [-0.4, -0.2) is 52.4 Å². The van der Waals surface area contributed by atoms with Gasteiger partial charge in [0.1, 0.15) is 23.9 Å². The van der Waals surface area contributed by atoms with Gasteiger partial charge in [-0.25, -0.2) is 0 Å². The highest BCUT2D eigenvalue weighted by molar-refractivity contribution is 5.01.